The van der Waals surface area contributed by atoms with E-state index in [0.29, 0.717) is 4.67 Å². The van der Waals surface area contributed by atoms with Crippen LogP contribution in [0.5, 0.6) is 0 Å². The smallest absolute Gasteiger partial charge is 0.345 e. The summed E-state index contributed by atoms with van der Waals surface area (Å²) >= 11 is 3.84. The van der Waals surface area contributed by atoms with Crippen molar-refractivity contribution in [2.24, 2.45) is 0 Å². The number of thiazole rings is 1. The molecular weight excluding hydrogens is 314 g/mol. The summed E-state index contributed by atoms with van der Waals surface area (Å²) in [6.07, 6.45) is 1.08. The lowest BCUT2D eigenvalue weighted by atomic mass is 10.4. The van der Waals surface area contributed by atoms with Crippen LogP contribution in [0.3, 0.4) is 0 Å². The average molecular weight is 318 g/mol. The van der Waals surface area contributed by atoms with Crippen LogP contribution in [0.1, 0.15) is 10.6 Å². The topological polar surface area (TPSA) is 98.3 Å². The van der Waals surface area contributed by atoms with Gasteiger partial charge >= 0.3 is 5.00 Å². The molecule has 2 rings (SSSR count). The van der Waals surface area contributed by atoms with Gasteiger partial charge < -0.3 is 4.42 Å². The van der Waals surface area contributed by atoms with Crippen LogP contribution in [0.2, 0.25) is 0 Å². The zero-order valence-electron chi connectivity index (χ0n) is 8.05. The Kier molecular flexibility index (Phi) is 3.20. The summed E-state index contributed by atoms with van der Waals surface area (Å²) < 4.78 is 5.44. The number of nitrogens with zero attached hydrogens (tertiary/aromatic N) is 2. The first-order valence-electron chi connectivity index (χ1n) is 4.23. The van der Waals surface area contributed by atoms with Gasteiger partial charge in [0.15, 0.2) is 15.6 Å². The summed E-state index contributed by atoms with van der Waals surface area (Å²) in [4.78, 5) is 25.1. The Balaban J connectivity index is 2.10. The van der Waals surface area contributed by atoms with Crippen molar-refractivity contribution < 1.29 is 14.1 Å². The third-order valence-corrected chi connectivity index (χ3v) is 2.98. The van der Waals surface area contributed by atoms with Crippen molar-refractivity contribution in [2.75, 3.05) is 5.32 Å². The van der Waals surface area contributed by atoms with Gasteiger partial charge in [-0.15, -0.1) is 0 Å². The maximum absolute atomic E-state index is 11.6. The van der Waals surface area contributed by atoms with Crippen molar-refractivity contribution >= 4 is 43.3 Å². The Labute approximate surface area is 107 Å². The van der Waals surface area contributed by atoms with Gasteiger partial charge in [-0.3, -0.25) is 20.2 Å². The number of amides is 1. The summed E-state index contributed by atoms with van der Waals surface area (Å²) in [7, 11) is 0. The number of nitrogens with one attached hydrogen (secondary N) is 1. The third kappa shape index (κ3) is 2.68. The monoisotopic (exact) mass is 317 g/mol. The number of rotatable bonds is 3. The Morgan fingerprint density at radius 1 is 1.59 bits per heavy atom. The van der Waals surface area contributed by atoms with Gasteiger partial charge in [0.05, 0.1) is 4.92 Å². The quantitative estimate of drug-likeness (QED) is 0.693. The molecule has 0 aliphatic rings. The van der Waals surface area contributed by atoms with E-state index in [4.69, 9.17) is 4.42 Å². The van der Waals surface area contributed by atoms with Gasteiger partial charge in [0.2, 0.25) is 0 Å². The summed E-state index contributed by atoms with van der Waals surface area (Å²) in [5.74, 6) is -0.422. The first-order chi connectivity index (χ1) is 8.06. The molecular formula is C8H4BrN3O4S. The fourth-order valence-corrected chi connectivity index (χ4v) is 1.94. The van der Waals surface area contributed by atoms with E-state index in [1.165, 1.54) is 6.07 Å². The molecule has 1 amide bonds. The molecule has 17 heavy (non-hydrogen) atoms. The SMILES string of the molecule is O=C(Nc1ncc([N+](=O)[O-])s1)c1ccc(Br)o1. The van der Waals surface area contributed by atoms with Gasteiger partial charge in [0, 0.05) is 0 Å². The summed E-state index contributed by atoms with van der Waals surface area (Å²) in [6, 6.07) is 3.04. The zero-order valence-corrected chi connectivity index (χ0v) is 10.4. The molecule has 0 atom stereocenters. The lowest BCUT2D eigenvalue weighted by Crippen LogP contribution is -2.10. The van der Waals surface area contributed by atoms with Crippen molar-refractivity contribution in [3.05, 3.63) is 38.9 Å². The van der Waals surface area contributed by atoms with Gasteiger partial charge in [0.25, 0.3) is 5.91 Å². The molecule has 2 heterocycles. The lowest BCUT2D eigenvalue weighted by Gasteiger charge is -1.96. The molecule has 0 fully saturated rings. The van der Waals surface area contributed by atoms with Crippen LogP contribution in [0.15, 0.2) is 27.4 Å². The molecule has 7 nitrogen and oxygen atoms in total. The van der Waals surface area contributed by atoms with Gasteiger partial charge in [-0.2, -0.15) is 0 Å². The van der Waals surface area contributed by atoms with Gasteiger partial charge in [-0.05, 0) is 39.4 Å². The number of furan rings is 1. The number of carbonyl (C=O) groups excluding carboxylic acids is 1. The number of anilines is 1. The summed E-state index contributed by atoms with van der Waals surface area (Å²) in [5, 5.41) is 12.8. The lowest BCUT2D eigenvalue weighted by molar-refractivity contribution is -0.380. The first kappa shape index (κ1) is 11.7. The van der Waals surface area contributed by atoms with Crippen LogP contribution < -0.4 is 5.32 Å². The van der Waals surface area contributed by atoms with Crippen molar-refractivity contribution in [1.29, 1.82) is 0 Å². The Hall–Kier alpha value is -1.74. The molecule has 0 saturated carbocycles. The predicted molar refractivity (Wildman–Crippen MR) is 63.1 cm³/mol. The highest BCUT2D eigenvalue weighted by Gasteiger charge is 2.16. The molecule has 2 aromatic heterocycles. The predicted octanol–water partition coefficient (Wildman–Crippen LogP) is 2.66. The molecule has 9 heteroatoms. The van der Waals surface area contributed by atoms with Crippen LogP contribution in [0.4, 0.5) is 10.1 Å². The van der Waals surface area contributed by atoms with Crippen LogP contribution in [0, 0.1) is 10.1 Å². The molecule has 0 spiro atoms. The van der Waals surface area contributed by atoms with E-state index in [9.17, 15) is 14.9 Å². The number of halogens is 1. The van der Waals surface area contributed by atoms with E-state index in [1.807, 2.05) is 0 Å². The van der Waals surface area contributed by atoms with E-state index in [2.05, 4.69) is 26.2 Å². The molecule has 88 valence electrons. The molecule has 0 unspecified atom stereocenters. The molecule has 0 aliphatic carbocycles. The highest BCUT2D eigenvalue weighted by Crippen LogP contribution is 2.25. The van der Waals surface area contributed by atoms with E-state index in [-0.39, 0.29) is 15.9 Å². The molecule has 0 aliphatic heterocycles. The minimum Gasteiger partial charge on any atom is -0.444 e. The second-order valence-electron chi connectivity index (χ2n) is 2.82. The van der Waals surface area contributed by atoms with Gasteiger partial charge in [0.1, 0.15) is 6.20 Å². The largest absolute Gasteiger partial charge is 0.444 e. The standard InChI is InChI=1S/C8H4BrN3O4S/c9-5-2-1-4(16-5)7(13)11-8-10-3-6(17-8)12(14)15/h1-3H,(H,10,11,13). The number of nitro groups is 1. The van der Waals surface area contributed by atoms with E-state index >= 15 is 0 Å². The van der Waals surface area contributed by atoms with Crippen molar-refractivity contribution in [2.45, 2.75) is 0 Å². The highest BCUT2D eigenvalue weighted by atomic mass is 79.9. The fraction of sp³-hybridized carbons (Fsp3) is 0. The highest BCUT2D eigenvalue weighted by molar-refractivity contribution is 9.10. The molecule has 2 aromatic rings. The maximum atomic E-state index is 11.6. The Morgan fingerprint density at radius 2 is 2.35 bits per heavy atom. The first-order valence-corrected chi connectivity index (χ1v) is 5.84. The molecule has 0 bridgehead atoms. The van der Waals surface area contributed by atoms with Gasteiger partial charge in [-0.1, -0.05) is 0 Å². The zero-order chi connectivity index (χ0) is 12.4. The van der Waals surface area contributed by atoms with E-state index in [1.54, 1.807) is 6.07 Å². The second-order valence-corrected chi connectivity index (χ2v) is 4.61. The molecule has 0 saturated heterocycles. The summed E-state index contributed by atoms with van der Waals surface area (Å²) in [6.45, 7) is 0. The minimum absolute atomic E-state index is 0.0923. The third-order valence-electron chi connectivity index (χ3n) is 1.69. The minimum atomic E-state index is -0.573. The van der Waals surface area contributed by atoms with E-state index in [0.717, 1.165) is 17.5 Å². The summed E-state index contributed by atoms with van der Waals surface area (Å²) in [5.41, 5.74) is 0. The van der Waals surface area contributed by atoms with Crippen LogP contribution >= 0.6 is 27.3 Å². The number of hydrogen-bond donors (Lipinski definition) is 1. The number of aromatic nitrogens is 1. The Morgan fingerprint density at radius 3 is 2.88 bits per heavy atom. The van der Waals surface area contributed by atoms with Crippen LogP contribution in [-0.2, 0) is 0 Å². The molecule has 0 radical (unpaired) electrons. The van der Waals surface area contributed by atoms with Crippen LogP contribution in [-0.4, -0.2) is 15.8 Å². The van der Waals surface area contributed by atoms with Crippen molar-refractivity contribution in [1.82, 2.24) is 4.98 Å². The van der Waals surface area contributed by atoms with Crippen molar-refractivity contribution in [3.8, 4) is 0 Å². The van der Waals surface area contributed by atoms with Crippen LogP contribution in [0.25, 0.3) is 0 Å². The average Bonchev–Trinajstić information content (AvgIpc) is 2.86. The normalized spacial score (nSPS) is 10.2. The molecule has 1 N–H and O–H groups in total. The molecule has 0 aromatic carbocycles. The number of carbonyl (C=O) groups is 1. The number of hydrogen-bond acceptors (Lipinski definition) is 6. The van der Waals surface area contributed by atoms with Gasteiger partial charge in [-0.25, -0.2) is 4.98 Å². The van der Waals surface area contributed by atoms with E-state index < -0.39 is 10.8 Å². The maximum Gasteiger partial charge on any atom is 0.345 e. The second kappa shape index (κ2) is 4.63. The van der Waals surface area contributed by atoms with Crippen molar-refractivity contribution in [3.63, 3.8) is 0 Å². The Bertz CT molecular complexity index is 579. The fourth-order valence-electron chi connectivity index (χ4n) is 1.00.